The number of halogens is 1. The first-order chi connectivity index (χ1) is 15.3. The van der Waals surface area contributed by atoms with E-state index in [4.69, 9.17) is 14.2 Å². The van der Waals surface area contributed by atoms with Crippen molar-refractivity contribution >= 4 is 5.97 Å². The van der Waals surface area contributed by atoms with E-state index in [-0.39, 0.29) is 11.5 Å². The van der Waals surface area contributed by atoms with Gasteiger partial charge in [-0.3, -0.25) is 0 Å². The minimum atomic E-state index is -0.476. The summed E-state index contributed by atoms with van der Waals surface area (Å²) in [6.07, 6.45) is 0.710. The molecule has 0 saturated heterocycles. The molecule has 2 aromatic rings. The van der Waals surface area contributed by atoms with Crippen molar-refractivity contribution in [2.75, 3.05) is 20.7 Å². The van der Waals surface area contributed by atoms with Crippen molar-refractivity contribution in [3.63, 3.8) is 0 Å². The molecule has 2 heterocycles. The van der Waals surface area contributed by atoms with Gasteiger partial charge < -0.3 is 19.1 Å². The molecule has 1 unspecified atom stereocenters. The van der Waals surface area contributed by atoms with Gasteiger partial charge in [0.1, 0.15) is 18.0 Å². The molecule has 5 nitrogen and oxygen atoms in total. The third-order valence-corrected chi connectivity index (χ3v) is 6.71. The first kappa shape index (κ1) is 22.3. The fourth-order valence-electron chi connectivity index (χ4n) is 5.07. The second-order valence-electron chi connectivity index (χ2n) is 8.94. The van der Waals surface area contributed by atoms with Gasteiger partial charge in [-0.15, -0.1) is 0 Å². The minimum absolute atomic E-state index is 0.243. The predicted octanol–water partition coefficient (Wildman–Crippen LogP) is 4.88. The van der Waals surface area contributed by atoms with Crippen LogP contribution in [-0.4, -0.2) is 43.8 Å². The van der Waals surface area contributed by atoms with Crippen LogP contribution < -0.4 is 9.47 Å². The molecule has 3 atom stereocenters. The van der Waals surface area contributed by atoms with Gasteiger partial charge in [0, 0.05) is 18.5 Å². The Kier molecular flexibility index (Phi) is 5.99. The van der Waals surface area contributed by atoms with Gasteiger partial charge in [0.2, 0.25) is 0 Å². The number of nitrogens with zero attached hydrogens (tertiary/aromatic N) is 1. The third kappa shape index (κ3) is 3.77. The summed E-state index contributed by atoms with van der Waals surface area (Å²) in [5.41, 5.74) is 3.32. The van der Waals surface area contributed by atoms with E-state index in [1.165, 1.54) is 29.8 Å². The van der Waals surface area contributed by atoms with Crippen LogP contribution >= 0.6 is 0 Å². The van der Waals surface area contributed by atoms with Gasteiger partial charge in [-0.2, -0.15) is 0 Å². The normalized spacial score (nSPS) is 23.0. The number of hydrogen-bond donors (Lipinski definition) is 0. The molecule has 0 fully saturated rings. The van der Waals surface area contributed by atoms with Crippen LogP contribution in [0.25, 0.3) is 0 Å². The number of carbonyl (C=O) groups is 1. The Morgan fingerprint density at radius 2 is 2.03 bits per heavy atom. The molecule has 0 spiro atoms. The highest BCUT2D eigenvalue weighted by atomic mass is 19.1. The summed E-state index contributed by atoms with van der Waals surface area (Å²) in [7, 11) is 3.76. The minimum Gasteiger partial charge on any atom is -0.493 e. The predicted molar refractivity (Wildman–Crippen MR) is 121 cm³/mol. The molecule has 170 valence electrons. The first-order valence-electron chi connectivity index (χ1n) is 10.9. The maximum Gasteiger partial charge on any atom is 0.338 e. The van der Waals surface area contributed by atoms with E-state index in [2.05, 4.69) is 31.5 Å². The highest BCUT2D eigenvalue weighted by molar-refractivity contribution is 5.89. The molecule has 0 N–H and O–H groups in total. The quantitative estimate of drug-likeness (QED) is 0.474. The zero-order chi connectivity index (χ0) is 23.0. The van der Waals surface area contributed by atoms with Gasteiger partial charge in [0.05, 0.1) is 18.1 Å². The number of methoxy groups -OCH3 is 1. The zero-order valence-electron chi connectivity index (χ0n) is 19.1. The average Bonchev–Trinajstić information content (AvgIpc) is 2.98. The van der Waals surface area contributed by atoms with Crippen LogP contribution in [0.2, 0.25) is 0 Å². The van der Waals surface area contributed by atoms with E-state index in [9.17, 15) is 9.18 Å². The van der Waals surface area contributed by atoms with Crippen molar-refractivity contribution in [3.8, 4) is 11.5 Å². The topological polar surface area (TPSA) is 48.0 Å². The van der Waals surface area contributed by atoms with Crippen LogP contribution in [0, 0.1) is 5.82 Å². The Hall–Kier alpha value is -2.86. The van der Waals surface area contributed by atoms with Gasteiger partial charge in [-0.1, -0.05) is 18.2 Å². The molecule has 0 amide bonds. The number of carbonyl (C=O) groups excluding carboxylic acids is 1. The molecule has 2 aromatic carbocycles. The van der Waals surface area contributed by atoms with Gasteiger partial charge in [-0.05, 0) is 69.8 Å². The molecule has 4 rings (SSSR count). The van der Waals surface area contributed by atoms with Crippen molar-refractivity contribution < 1.29 is 23.4 Å². The lowest BCUT2D eigenvalue weighted by Crippen LogP contribution is -2.42. The fraction of sp³-hybridized carbons (Fsp3) is 0.423. The van der Waals surface area contributed by atoms with E-state index in [1.807, 2.05) is 13.0 Å². The monoisotopic (exact) mass is 439 g/mol. The lowest BCUT2D eigenvalue weighted by molar-refractivity contribution is 0.0180. The SMILES string of the molecule is C=C(C)[C@@]12CCN(C)Cc3ccc(OC)c(c31)OC2C[C@H](C)OC(=O)c1ccc(F)cc1. The maximum absolute atomic E-state index is 13.2. The second kappa shape index (κ2) is 8.58. The van der Waals surface area contributed by atoms with Gasteiger partial charge in [0.15, 0.2) is 11.5 Å². The van der Waals surface area contributed by atoms with Crippen molar-refractivity contribution in [2.24, 2.45) is 0 Å². The fourth-order valence-corrected chi connectivity index (χ4v) is 5.07. The number of hydrogen-bond acceptors (Lipinski definition) is 5. The maximum atomic E-state index is 13.2. The summed E-state index contributed by atoms with van der Waals surface area (Å²) < 4.78 is 31.0. The lowest BCUT2D eigenvalue weighted by Gasteiger charge is -2.36. The smallest absolute Gasteiger partial charge is 0.338 e. The molecule has 0 radical (unpaired) electrons. The van der Waals surface area contributed by atoms with Crippen molar-refractivity contribution in [1.82, 2.24) is 4.90 Å². The number of esters is 1. The third-order valence-electron chi connectivity index (χ3n) is 6.71. The highest BCUT2D eigenvalue weighted by Crippen LogP contribution is 2.56. The molecular formula is C26H30FNO4. The summed E-state index contributed by atoms with van der Waals surface area (Å²) in [6.45, 7) is 10.0. The summed E-state index contributed by atoms with van der Waals surface area (Å²) in [4.78, 5) is 14.9. The van der Waals surface area contributed by atoms with E-state index >= 15 is 0 Å². The Labute approximate surface area is 188 Å². The summed E-state index contributed by atoms with van der Waals surface area (Å²) >= 11 is 0. The Morgan fingerprint density at radius 1 is 1.31 bits per heavy atom. The summed E-state index contributed by atoms with van der Waals surface area (Å²) in [5, 5.41) is 0. The lowest BCUT2D eigenvalue weighted by atomic mass is 9.67. The molecular weight excluding hydrogens is 409 g/mol. The largest absolute Gasteiger partial charge is 0.493 e. The average molecular weight is 440 g/mol. The Morgan fingerprint density at radius 3 is 2.69 bits per heavy atom. The zero-order valence-corrected chi connectivity index (χ0v) is 19.1. The molecule has 0 aliphatic carbocycles. The molecule has 2 aliphatic heterocycles. The van der Waals surface area contributed by atoms with Crippen LogP contribution in [0.5, 0.6) is 11.5 Å². The summed E-state index contributed by atoms with van der Waals surface area (Å²) in [6, 6.07) is 9.44. The number of rotatable bonds is 6. The first-order valence-corrected chi connectivity index (χ1v) is 10.9. The van der Waals surface area contributed by atoms with Crippen LogP contribution in [0.4, 0.5) is 4.39 Å². The van der Waals surface area contributed by atoms with Crippen molar-refractivity contribution in [3.05, 3.63) is 71.1 Å². The Balaban J connectivity index is 1.64. The molecule has 0 aromatic heterocycles. The number of ether oxygens (including phenoxy) is 3. The van der Waals surface area contributed by atoms with Crippen LogP contribution in [0.3, 0.4) is 0 Å². The van der Waals surface area contributed by atoms with Gasteiger partial charge in [-0.25, -0.2) is 9.18 Å². The molecule has 0 bridgehead atoms. The van der Waals surface area contributed by atoms with E-state index < -0.39 is 17.9 Å². The molecule has 6 heteroatoms. The summed E-state index contributed by atoms with van der Waals surface area (Å²) in [5.74, 6) is 0.609. The second-order valence-corrected chi connectivity index (χ2v) is 8.94. The number of benzene rings is 2. The molecule has 32 heavy (non-hydrogen) atoms. The van der Waals surface area contributed by atoms with E-state index in [0.717, 1.165) is 36.4 Å². The van der Waals surface area contributed by atoms with Crippen LogP contribution in [-0.2, 0) is 16.7 Å². The Bertz CT molecular complexity index is 1030. The van der Waals surface area contributed by atoms with Crippen molar-refractivity contribution in [1.29, 1.82) is 0 Å². The van der Waals surface area contributed by atoms with E-state index in [0.29, 0.717) is 17.7 Å². The molecule has 0 saturated carbocycles. The van der Waals surface area contributed by atoms with Crippen LogP contribution in [0.15, 0.2) is 48.6 Å². The van der Waals surface area contributed by atoms with Crippen LogP contribution in [0.1, 0.15) is 48.2 Å². The van der Waals surface area contributed by atoms with Gasteiger partial charge in [0.25, 0.3) is 0 Å². The molecule has 2 aliphatic rings. The highest BCUT2D eigenvalue weighted by Gasteiger charge is 2.53. The standard InChI is InChI=1S/C26H30FNO4/c1-16(2)26-12-13-28(4)15-19-8-11-21(30-5)24(23(19)26)32-22(26)14-17(3)31-25(29)18-6-9-20(27)10-7-18/h6-11,17,22H,1,12-15H2,2-5H3/t17-,22?,26+/m0/s1. The van der Waals surface area contributed by atoms with Gasteiger partial charge >= 0.3 is 5.97 Å². The van der Waals surface area contributed by atoms with Crippen molar-refractivity contribution in [2.45, 2.75) is 50.9 Å². The van der Waals surface area contributed by atoms with E-state index in [1.54, 1.807) is 7.11 Å².